The van der Waals surface area contributed by atoms with E-state index < -0.39 is 6.09 Å². The lowest BCUT2D eigenvalue weighted by Gasteiger charge is -1.92. The minimum atomic E-state index is -0.653. The van der Waals surface area contributed by atoms with Gasteiger partial charge in [-0.2, -0.15) is 9.90 Å². The fourth-order valence-corrected chi connectivity index (χ4v) is 0.539. The van der Waals surface area contributed by atoms with Crippen molar-refractivity contribution in [1.82, 2.24) is 25.6 Å². The molecule has 0 fully saturated rings. The van der Waals surface area contributed by atoms with E-state index >= 15 is 0 Å². The van der Waals surface area contributed by atoms with Crippen LogP contribution in [0.4, 0.5) is 4.79 Å². The third kappa shape index (κ3) is 2.85. The maximum Gasteiger partial charge on any atom is 0.427 e. The maximum absolute atomic E-state index is 10.5. The standard InChI is InChI=1S/C5H8N6O2/c1-11-9-4(7-10-11)3-6-8-5(12)13-2/h3H,1-2H3,(H,8,12)/b6-3+. The highest BCUT2D eigenvalue weighted by Gasteiger charge is 1.96. The third-order valence-electron chi connectivity index (χ3n) is 1.05. The molecule has 13 heavy (non-hydrogen) atoms. The third-order valence-corrected chi connectivity index (χ3v) is 1.05. The fraction of sp³-hybridized carbons (Fsp3) is 0.400. The SMILES string of the molecule is COC(=O)N/N=C/c1nnn(C)n1. The van der Waals surface area contributed by atoms with Gasteiger partial charge in [0.05, 0.1) is 20.4 Å². The number of methoxy groups -OCH3 is 1. The lowest BCUT2D eigenvalue weighted by Crippen LogP contribution is -2.16. The van der Waals surface area contributed by atoms with Gasteiger partial charge in [0.15, 0.2) is 0 Å². The molecule has 1 amide bonds. The summed E-state index contributed by atoms with van der Waals surface area (Å²) in [5, 5.41) is 14.4. The number of hydrazone groups is 1. The maximum atomic E-state index is 10.5. The summed E-state index contributed by atoms with van der Waals surface area (Å²) in [5.41, 5.74) is 2.08. The van der Waals surface area contributed by atoms with Crippen molar-refractivity contribution in [3.8, 4) is 0 Å². The van der Waals surface area contributed by atoms with Gasteiger partial charge >= 0.3 is 6.09 Å². The second-order valence-corrected chi connectivity index (χ2v) is 2.00. The Morgan fingerprint density at radius 3 is 3.08 bits per heavy atom. The molecular formula is C5H8N6O2. The number of nitrogens with zero attached hydrogens (tertiary/aromatic N) is 5. The van der Waals surface area contributed by atoms with E-state index in [9.17, 15) is 4.79 Å². The monoisotopic (exact) mass is 184 g/mol. The van der Waals surface area contributed by atoms with Crippen molar-refractivity contribution in [2.24, 2.45) is 12.1 Å². The first kappa shape index (κ1) is 9.10. The topological polar surface area (TPSA) is 94.3 Å². The molecule has 0 atom stereocenters. The lowest BCUT2D eigenvalue weighted by atomic mass is 10.7. The minimum Gasteiger partial charge on any atom is -0.452 e. The van der Waals surface area contributed by atoms with Crippen molar-refractivity contribution in [1.29, 1.82) is 0 Å². The Balaban J connectivity index is 2.45. The summed E-state index contributed by atoms with van der Waals surface area (Å²) >= 11 is 0. The molecule has 0 bridgehead atoms. The molecular weight excluding hydrogens is 176 g/mol. The highest BCUT2D eigenvalue weighted by Crippen LogP contribution is 1.77. The van der Waals surface area contributed by atoms with Crippen molar-refractivity contribution < 1.29 is 9.53 Å². The number of hydrogen-bond donors (Lipinski definition) is 1. The highest BCUT2D eigenvalue weighted by molar-refractivity contribution is 5.76. The molecule has 1 heterocycles. The second kappa shape index (κ2) is 4.14. The van der Waals surface area contributed by atoms with Gasteiger partial charge in [-0.3, -0.25) is 0 Å². The van der Waals surface area contributed by atoms with E-state index in [2.05, 4.69) is 30.7 Å². The normalized spacial score (nSPS) is 10.3. The van der Waals surface area contributed by atoms with Crippen LogP contribution in [0.5, 0.6) is 0 Å². The van der Waals surface area contributed by atoms with Gasteiger partial charge in [0.25, 0.3) is 0 Å². The molecule has 1 rings (SSSR count). The van der Waals surface area contributed by atoms with E-state index in [1.165, 1.54) is 18.1 Å². The Bertz CT molecular complexity index is 319. The average molecular weight is 184 g/mol. The predicted molar refractivity (Wildman–Crippen MR) is 41.9 cm³/mol. The Morgan fingerprint density at radius 2 is 2.54 bits per heavy atom. The van der Waals surface area contributed by atoms with Crippen LogP contribution < -0.4 is 5.43 Å². The first-order chi connectivity index (χ1) is 6.22. The van der Waals surface area contributed by atoms with Gasteiger partial charge in [0, 0.05) is 0 Å². The summed E-state index contributed by atoms with van der Waals surface area (Å²) in [5.74, 6) is 0.305. The van der Waals surface area contributed by atoms with Crippen molar-refractivity contribution in [2.75, 3.05) is 7.11 Å². The molecule has 8 heteroatoms. The smallest absolute Gasteiger partial charge is 0.427 e. The van der Waals surface area contributed by atoms with Gasteiger partial charge in [-0.25, -0.2) is 10.2 Å². The second-order valence-electron chi connectivity index (χ2n) is 2.00. The molecule has 1 N–H and O–H groups in total. The Hall–Kier alpha value is -1.99. The minimum absolute atomic E-state index is 0.305. The van der Waals surface area contributed by atoms with E-state index in [1.807, 2.05) is 0 Å². The summed E-state index contributed by atoms with van der Waals surface area (Å²) in [4.78, 5) is 11.8. The number of tetrazole rings is 1. The molecule has 70 valence electrons. The number of nitrogens with one attached hydrogen (secondary N) is 1. The van der Waals surface area contributed by atoms with Crippen molar-refractivity contribution in [2.45, 2.75) is 0 Å². The molecule has 8 nitrogen and oxygen atoms in total. The highest BCUT2D eigenvalue weighted by atomic mass is 16.5. The first-order valence-electron chi connectivity index (χ1n) is 3.33. The van der Waals surface area contributed by atoms with Crippen molar-refractivity contribution >= 4 is 12.3 Å². The number of amides is 1. The number of aromatic nitrogens is 4. The molecule has 0 saturated carbocycles. The van der Waals surface area contributed by atoms with Crippen molar-refractivity contribution in [3.05, 3.63) is 5.82 Å². The van der Waals surface area contributed by atoms with Crippen LogP contribution in [0, 0.1) is 0 Å². The fourth-order valence-electron chi connectivity index (χ4n) is 0.539. The molecule has 0 saturated heterocycles. The van der Waals surface area contributed by atoms with Crippen LogP contribution in [0.15, 0.2) is 5.10 Å². The molecule has 0 aliphatic rings. The quantitative estimate of drug-likeness (QED) is 0.465. The van der Waals surface area contributed by atoms with E-state index in [4.69, 9.17) is 0 Å². The summed E-state index contributed by atoms with van der Waals surface area (Å²) < 4.78 is 4.27. The van der Waals surface area contributed by atoms with Crippen LogP contribution in [0.1, 0.15) is 5.82 Å². The molecule has 0 aliphatic carbocycles. The van der Waals surface area contributed by atoms with E-state index in [0.717, 1.165) is 0 Å². The van der Waals surface area contributed by atoms with Crippen LogP contribution in [0.25, 0.3) is 0 Å². The van der Waals surface area contributed by atoms with Gasteiger partial charge in [-0.05, 0) is 5.21 Å². The zero-order chi connectivity index (χ0) is 9.68. The number of carbonyl (C=O) groups is 1. The van der Waals surface area contributed by atoms with Gasteiger partial charge < -0.3 is 4.74 Å². The van der Waals surface area contributed by atoms with E-state index in [0.29, 0.717) is 5.82 Å². The molecule has 1 aromatic rings. The molecule has 0 aliphatic heterocycles. The number of rotatable bonds is 2. The molecule has 1 aromatic heterocycles. The summed E-state index contributed by atoms with van der Waals surface area (Å²) in [6.45, 7) is 0. The summed E-state index contributed by atoms with van der Waals surface area (Å²) in [6, 6.07) is 0. The van der Waals surface area contributed by atoms with Gasteiger partial charge in [-0.1, -0.05) is 0 Å². The Labute approximate surface area is 73.6 Å². The number of ether oxygens (including phenoxy) is 1. The van der Waals surface area contributed by atoms with Crippen LogP contribution in [0.3, 0.4) is 0 Å². The summed E-state index contributed by atoms with van der Waals surface area (Å²) in [7, 11) is 2.86. The molecule has 0 radical (unpaired) electrons. The van der Waals surface area contributed by atoms with Crippen molar-refractivity contribution in [3.63, 3.8) is 0 Å². The zero-order valence-electron chi connectivity index (χ0n) is 7.13. The number of carbonyl (C=O) groups excluding carboxylic acids is 1. The van der Waals surface area contributed by atoms with Gasteiger partial charge in [0.1, 0.15) is 0 Å². The van der Waals surface area contributed by atoms with Crippen LogP contribution in [-0.2, 0) is 11.8 Å². The molecule has 0 unspecified atom stereocenters. The Kier molecular flexibility index (Phi) is 2.90. The number of aryl methyl sites for hydroxylation is 1. The molecule has 0 aromatic carbocycles. The van der Waals surface area contributed by atoms with Gasteiger partial charge in [0.2, 0.25) is 5.82 Å². The lowest BCUT2D eigenvalue weighted by molar-refractivity contribution is 0.171. The van der Waals surface area contributed by atoms with E-state index in [1.54, 1.807) is 7.05 Å². The Morgan fingerprint density at radius 1 is 1.77 bits per heavy atom. The van der Waals surface area contributed by atoms with Crippen LogP contribution in [-0.4, -0.2) is 39.6 Å². The van der Waals surface area contributed by atoms with Crippen LogP contribution >= 0.6 is 0 Å². The summed E-state index contributed by atoms with van der Waals surface area (Å²) in [6.07, 6.45) is 0.601. The van der Waals surface area contributed by atoms with Gasteiger partial charge in [-0.15, -0.1) is 10.2 Å². The predicted octanol–water partition coefficient (Wildman–Crippen LogP) is -1.10. The largest absolute Gasteiger partial charge is 0.452 e. The first-order valence-corrected chi connectivity index (χ1v) is 3.33. The molecule has 0 spiro atoms. The zero-order valence-corrected chi connectivity index (χ0v) is 7.13. The van der Waals surface area contributed by atoms with E-state index in [-0.39, 0.29) is 0 Å². The van der Waals surface area contributed by atoms with Crippen LogP contribution in [0.2, 0.25) is 0 Å². The average Bonchev–Trinajstić information content (AvgIpc) is 2.51. The number of hydrogen-bond acceptors (Lipinski definition) is 6.